The molecule has 0 unspecified atom stereocenters. The van der Waals surface area contributed by atoms with Crippen LogP contribution >= 0.6 is 11.6 Å². The van der Waals surface area contributed by atoms with Gasteiger partial charge >= 0.3 is 0 Å². The number of para-hydroxylation sites is 2. The van der Waals surface area contributed by atoms with E-state index >= 15 is 0 Å². The Morgan fingerprint density at radius 1 is 0.933 bits per heavy atom. The summed E-state index contributed by atoms with van der Waals surface area (Å²) >= 11 is 6.19. The second kappa shape index (κ2) is 10.6. The van der Waals surface area contributed by atoms with Crippen molar-refractivity contribution >= 4 is 28.9 Å². The van der Waals surface area contributed by atoms with E-state index in [-0.39, 0.29) is 12.5 Å². The van der Waals surface area contributed by atoms with E-state index in [0.717, 1.165) is 22.5 Å². The normalized spacial score (nSPS) is 10.4. The summed E-state index contributed by atoms with van der Waals surface area (Å²) in [4.78, 5) is 12.3. The first-order valence-corrected chi connectivity index (χ1v) is 10.2. The van der Waals surface area contributed by atoms with Gasteiger partial charge < -0.3 is 20.1 Å². The highest BCUT2D eigenvalue weighted by atomic mass is 35.5. The van der Waals surface area contributed by atoms with Gasteiger partial charge in [0.1, 0.15) is 0 Å². The Morgan fingerprint density at radius 2 is 1.67 bits per heavy atom. The molecular formula is C24H25ClN2O3. The fourth-order valence-corrected chi connectivity index (χ4v) is 3.10. The average Bonchev–Trinajstić information content (AvgIpc) is 2.74. The highest BCUT2D eigenvalue weighted by Crippen LogP contribution is 2.29. The molecule has 0 saturated heterocycles. The Hall–Kier alpha value is -3.18. The van der Waals surface area contributed by atoms with Gasteiger partial charge in [-0.25, -0.2) is 0 Å². The third kappa shape index (κ3) is 5.91. The van der Waals surface area contributed by atoms with Gasteiger partial charge in [-0.15, -0.1) is 0 Å². The smallest absolute Gasteiger partial charge is 0.262 e. The molecule has 156 valence electrons. The SMILES string of the molecule is CCOc1cc(CNc2ccccc2Cl)ccc1OCC(=O)Nc1ccccc1C. The highest BCUT2D eigenvalue weighted by Gasteiger charge is 2.11. The molecule has 1 amide bonds. The topological polar surface area (TPSA) is 59.6 Å². The van der Waals surface area contributed by atoms with E-state index in [0.29, 0.717) is 29.7 Å². The van der Waals surface area contributed by atoms with Crippen LogP contribution in [0.25, 0.3) is 0 Å². The summed E-state index contributed by atoms with van der Waals surface area (Å²) in [5.74, 6) is 0.897. The summed E-state index contributed by atoms with van der Waals surface area (Å²) in [5.41, 5.74) is 3.65. The molecule has 0 aliphatic rings. The van der Waals surface area contributed by atoms with Gasteiger partial charge in [0.25, 0.3) is 5.91 Å². The van der Waals surface area contributed by atoms with E-state index in [1.807, 2.05) is 80.6 Å². The molecule has 30 heavy (non-hydrogen) atoms. The number of carbonyl (C=O) groups is 1. The molecule has 3 rings (SSSR count). The first-order chi connectivity index (χ1) is 14.6. The molecule has 3 aromatic rings. The minimum Gasteiger partial charge on any atom is -0.490 e. The zero-order valence-corrected chi connectivity index (χ0v) is 17.8. The van der Waals surface area contributed by atoms with Crippen LogP contribution < -0.4 is 20.1 Å². The predicted molar refractivity (Wildman–Crippen MR) is 122 cm³/mol. The van der Waals surface area contributed by atoms with Crippen molar-refractivity contribution in [3.63, 3.8) is 0 Å². The molecule has 0 aromatic heterocycles. The van der Waals surface area contributed by atoms with Gasteiger partial charge in [-0.3, -0.25) is 4.79 Å². The van der Waals surface area contributed by atoms with Gasteiger partial charge in [-0.1, -0.05) is 48.0 Å². The molecule has 6 heteroatoms. The van der Waals surface area contributed by atoms with E-state index in [2.05, 4.69) is 10.6 Å². The maximum Gasteiger partial charge on any atom is 0.262 e. The second-order valence-electron chi connectivity index (χ2n) is 6.70. The largest absolute Gasteiger partial charge is 0.490 e. The maximum absolute atomic E-state index is 12.3. The Labute approximate surface area is 182 Å². The predicted octanol–water partition coefficient (Wildman–Crippen LogP) is 5.68. The lowest BCUT2D eigenvalue weighted by atomic mass is 10.2. The van der Waals surface area contributed by atoms with Crippen LogP contribution in [0.4, 0.5) is 11.4 Å². The van der Waals surface area contributed by atoms with Crippen molar-refractivity contribution in [2.24, 2.45) is 0 Å². The van der Waals surface area contributed by atoms with Gasteiger partial charge in [0, 0.05) is 12.2 Å². The summed E-state index contributed by atoms with van der Waals surface area (Å²) in [5, 5.41) is 6.84. The number of hydrogen-bond acceptors (Lipinski definition) is 4. The number of rotatable bonds is 9. The van der Waals surface area contributed by atoms with Gasteiger partial charge in [0.05, 0.1) is 17.3 Å². The number of carbonyl (C=O) groups excluding carboxylic acids is 1. The molecule has 0 bridgehead atoms. The Bertz CT molecular complexity index is 1010. The Balaban J connectivity index is 1.62. The van der Waals surface area contributed by atoms with Crippen LogP contribution in [0.15, 0.2) is 66.7 Å². The van der Waals surface area contributed by atoms with Crippen molar-refractivity contribution < 1.29 is 14.3 Å². The number of nitrogens with one attached hydrogen (secondary N) is 2. The van der Waals surface area contributed by atoms with Gasteiger partial charge in [-0.2, -0.15) is 0 Å². The quantitative estimate of drug-likeness (QED) is 0.464. The number of amides is 1. The van der Waals surface area contributed by atoms with Gasteiger partial charge in [-0.05, 0) is 55.3 Å². The van der Waals surface area contributed by atoms with Crippen LogP contribution in [0.2, 0.25) is 5.02 Å². The van der Waals surface area contributed by atoms with Crippen molar-refractivity contribution in [3.8, 4) is 11.5 Å². The number of aryl methyl sites for hydroxylation is 1. The second-order valence-corrected chi connectivity index (χ2v) is 7.11. The van der Waals surface area contributed by atoms with Crippen LogP contribution in [-0.2, 0) is 11.3 Å². The molecule has 0 saturated carbocycles. The third-order valence-corrected chi connectivity index (χ3v) is 4.77. The van der Waals surface area contributed by atoms with Crippen molar-refractivity contribution in [3.05, 3.63) is 82.9 Å². The molecule has 2 N–H and O–H groups in total. The fraction of sp³-hybridized carbons (Fsp3) is 0.208. The number of ether oxygens (including phenoxy) is 2. The van der Waals surface area contributed by atoms with E-state index in [9.17, 15) is 4.79 Å². The Kier molecular flexibility index (Phi) is 7.57. The standard InChI is InChI=1S/C24H25ClN2O3/c1-3-29-23-14-18(15-26-21-11-7-5-9-19(21)25)12-13-22(23)30-16-24(28)27-20-10-6-4-8-17(20)2/h4-14,26H,3,15-16H2,1-2H3,(H,27,28). The lowest BCUT2D eigenvalue weighted by molar-refractivity contribution is -0.118. The van der Waals surface area contributed by atoms with Gasteiger partial charge in [0.2, 0.25) is 0 Å². The number of hydrogen-bond donors (Lipinski definition) is 2. The molecule has 0 spiro atoms. The number of benzene rings is 3. The zero-order valence-electron chi connectivity index (χ0n) is 17.1. The van der Waals surface area contributed by atoms with E-state index in [4.69, 9.17) is 21.1 Å². The molecule has 0 aliphatic heterocycles. The maximum atomic E-state index is 12.3. The summed E-state index contributed by atoms with van der Waals surface area (Å²) in [6, 6.07) is 20.9. The molecule has 0 radical (unpaired) electrons. The van der Waals surface area contributed by atoms with Crippen LogP contribution in [0.3, 0.4) is 0 Å². The van der Waals surface area contributed by atoms with Gasteiger partial charge in [0.15, 0.2) is 18.1 Å². The molecule has 0 atom stereocenters. The van der Waals surface area contributed by atoms with Crippen molar-refractivity contribution in [1.29, 1.82) is 0 Å². The number of halogens is 1. The summed E-state index contributed by atoms with van der Waals surface area (Å²) < 4.78 is 11.4. The monoisotopic (exact) mass is 424 g/mol. The van der Waals surface area contributed by atoms with Crippen molar-refractivity contribution in [1.82, 2.24) is 0 Å². The average molecular weight is 425 g/mol. The third-order valence-electron chi connectivity index (χ3n) is 4.44. The molecule has 5 nitrogen and oxygen atoms in total. The Morgan fingerprint density at radius 3 is 2.40 bits per heavy atom. The minimum absolute atomic E-state index is 0.106. The first-order valence-electron chi connectivity index (χ1n) is 9.79. The van der Waals surface area contributed by atoms with Crippen LogP contribution in [0.1, 0.15) is 18.1 Å². The molecule has 3 aromatic carbocycles. The summed E-state index contributed by atoms with van der Waals surface area (Å²) in [6.07, 6.45) is 0. The lowest BCUT2D eigenvalue weighted by Crippen LogP contribution is -2.20. The van der Waals surface area contributed by atoms with Crippen molar-refractivity contribution in [2.45, 2.75) is 20.4 Å². The molecule has 0 aliphatic carbocycles. The van der Waals surface area contributed by atoms with E-state index in [1.54, 1.807) is 0 Å². The molecule has 0 fully saturated rings. The first kappa shape index (κ1) is 21.5. The molecule has 0 heterocycles. The number of anilines is 2. The van der Waals surface area contributed by atoms with E-state index in [1.165, 1.54) is 0 Å². The highest BCUT2D eigenvalue weighted by molar-refractivity contribution is 6.33. The summed E-state index contributed by atoms with van der Waals surface area (Å²) in [7, 11) is 0. The van der Waals surface area contributed by atoms with Crippen molar-refractivity contribution in [2.75, 3.05) is 23.8 Å². The lowest BCUT2D eigenvalue weighted by Gasteiger charge is -2.15. The minimum atomic E-state index is -0.226. The molecular weight excluding hydrogens is 400 g/mol. The van der Waals surface area contributed by atoms with Crippen LogP contribution in [0, 0.1) is 6.92 Å². The zero-order chi connectivity index (χ0) is 21.3. The van der Waals surface area contributed by atoms with Crippen LogP contribution in [-0.4, -0.2) is 19.1 Å². The fourth-order valence-electron chi connectivity index (χ4n) is 2.89. The van der Waals surface area contributed by atoms with Crippen LogP contribution in [0.5, 0.6) is 11.5 Å². The van der Waals surface area contributed by atoms with E-state index < -0.39 is 0 Å². The summed E-state index contributed by atoms with van der Waals surface area (Å²) in [6.45, 7) is 4.82.